The first-order valence-corrected chi connectivity index (χ1v) is 9.55. The second kappa shape index (κ2) is 9.30. The molecule has 0 fully saturated rings. The third-order valence-corrected chi connectivity index (χ3v) is 5.22. The highest BCUT2D eigenvalue weighted by molar-refractivity contribution is 7.58. The SMILES string of the molecule is C=C(/C(C)=C\C=C/C)c1ccc(C(=C)Pc2cccc(CC)c2)nc1. The van der Waals surface area contributed by atoms with Gasteiger partial charge in [0.15, 0.2) is 0 Å². The molecule has 0 amide bonds. The Kier molecular flexibility index (Phi) is 7.10. The first-order chi connectivity index (χ1) is 12.0. The highest BCUT2D eigenvalue weighted by Crippen LogP contribution is 2.31. The molecule has 0 aliphatic carbocycles. The molecule has 0 N–H and O–H groups in total. The fraction of sp³-hybridized carbons (Fsp3) is 0.174. The summed E-state index contributed by atoms with van der Waals surface area (Å²) in [7, 11) is 0.542. The Balaban J connectivity index is 2.11. The summed E-state index contributed by atoms with van der Waals surface area (Å²) in [6.45, 7) is 14.7. The number of benzene rings is 1. The molecule has 0 saturated carbocycles. The number of pyridine rings is 1. The molecular weight excluding hydrogens is 321 g/mol. The van der Waals surface area contributed by atoms with Crippen LogP contribution >= 0.6 is 8.58 Å². The minimum absolute atomic E-state index is 0.542. The lowest BCUT2D eigenvalue weighted by molar-refractivity contribution is 1.14. The van der Waals surface area contributed by atoms with E-state index >= 15 is 0 Å². The number of hydrogen-bond donors (Lipinski definition) is 0. The van der Waals surface area contributed by atoms with E-state index in [0.29, 0.717) is 8.58 Å². The zero-order chi connectivity index (χ0) is 18.2. The number of aromatic nitrogens is 1. The van der Waals surface area contributed by atoms with Crippen LogP contribution in [0.2, 0.25) is 0 Å². The molecule has 0 aliphatic heterocycles. The molecular formula is C23H26NP. The van der Waals surface area contributed by atoms with Gasteiger partial charge in [-0.2, -0.15) is 0 Å². The predicted molar refractivity (Wildman–Crippen MR) is 115 cm³/mol. The van der Waals surface area contributed by atoms with Crippen LogP contribution in [0.3, 0.4) is 0 Å². The normalized spacial score (nSPS) is 12.2. The Morgan fingerprint density at radius 3 is 2.64 bits per heavy atom. The summed E-state index contributed by atoms with van der Waals surface area (Å²) in [6.07, 6.45) is 9.05. The van der Waals surface area contributed by atoms with Gasteiger partial charge in [0, 0.05) is 6.20 Å². The molecule has 0 bridgehead atoms. The molecule has 0 spiro atoms. The van der Waals surface area contributed by atoms with E-state index in [-0.39, 0.29) is 0 Å². The van der Waals surface area contributed by atoms with Gasteiger partial charge in [0.05, 0.1) is 5.69 Å². The molecule has 2 aromatic rings. The van der Waals surface area contributed by atoms with E-state index in [1.807, 2.05) is 31.3 Å². The van der Waals surface area contributed by atoms with Crippen LogP contribution in [0.1, 0.15) is 37.6 Å². The van der Waals surface area contributed by atoms with Crippen molar-refractivity contribution in [1.29, 1.82) is 0 Å². The summed E-state index contributed by atoms with van der Waals surface area (Å²) in [5.41, 5.74) is 5.50. The molecule has 1 atom stereocenters. The monoisotopic (exact) mass is 347 g/mol. The minimum atomic E-state index is 0.542. The Morgan fingerprint density at radius 1 is 1.20 bits per heavy atom. The van der Waals surface area contributed by atoms with Gasteiger partial charge in [-0.1, -0.05) is 77.2 Å². The van der Waals surface area contributed by atoms with E-state index in [0.717, 1.165) is 34.1 Å². The van der Waals surface area contributed by atoms with Crippen molar-refractivity contribution < 1.29 is 0 Å². The Hall–Kier alpha value is -2.24. The largest absolute Gasteiger partial charge is 0.256 e. The van der Waals surface area contributed by atoms with Crippen molar-refractivity contribution in [2.24, 2.45) is 0 Å². The Morgan fingerprint density at radius 2 is 2.00 bits per heavy atom. The standard InChI is InChI=1S/C23H26NP/c1-6-8-10-17(3)18(4)21-13-14-23(24-16-21)19(5)25-22-12-9-11-20(7-2)15-22/h6,8-16,25H,4-5,7H2,1-3H3/b8-6-,17-10-. The van der Waals surface area contributed by atoms with Crippen LogP contribution in [0.15, 0.2) is 79.6 Å². The van der Waals surface area contributed by atoms with Crippen LogP contribution in [0.5, 0.6) is 0 Å². The molecule has 1 unspecified atom stereocenters. The molecule has 1 aromatic carbocycles. The number of nitrogens with zero attached hydrogens (tertiary/aromatic N) is 1. The second-order valence-electron chi connectivity index (χ2n) is 5.94. The quantitative estimate of drug-likeness (QED) is 0.432. The van der Waals surface area contributed by atoms with E-state index in [1.54, 1.807) is 0 Å². The molecule has 2 rings (SSSR count). The van der Waals surface area contributed by atoms with E-state index < -0.39 is 0 Å². The minimum Gasteiger partial charge on any atom is -0.256 e. The van der Waals surface area contributed by atoms with Gasteiger partial charge in [-0.25, -0.2) is 0 Å². The molecule has 0 aliphatic rings. The van der Waals surface area contributed by atoms with Crippen molar-refractivity contribution >= 4 is 24.8 Å². The van der Waals surface area contributed by atoms with Crippen molar-refractivity contribution in [2.45, 2.75) is 27.2 Å². The molecule has 1 nitrogen and oxygen atoms in total. The molecule has 25 heavy (non-hydrogen) atoms. The molecule has 1 aromatic heterocycles. The fourth-order valence-electron chi connectivity index (χ4n) is 2.43. The van der Waals surface area contributed by atoms with Crippen molar-refractivity contribution in [3.63, 3.8) is 0 Å². The average Bonchev–Trinajstić information content (AvgIpc) is 2.65. The van der Waals surface area contributed by atoms with Gasteiger partial charge in [-0.15, -0.1) is 0 Å². The van der Waals surface area contributed by atoms with Gasteiger partial charge in [-0.05, 0) is 59.2 Å². The van der Waals surface area contributed by atoms with E-state index in [9.17, 15) is 0 Å². The maximum Gasteiger partial charge on any atom is 0.0701 e. The number of allylic oxidation sites excluding steroid dienone is 5. The molecule has 2 heteroatoms. The average molecular weight is 347 g/mol. The van der Waals surface area contributed by atoms with Crippen molar-refractivity contribution in [3.8, 4) is 0 Å². The molecule has 0 radical (unpaired) electrons. The highest BCUT2D eigenvalue weighted by atomic mass is 31.1. The Labute approximate surface area is 153 Å². The zero-order valence-corrected chi connectivity index (χ0v) is 16.3. The van der Waals surface area contributed by atoms with Crippen LogP contribution in [0.4, 0.5) is 0 Å². The number of aryl methyl sites for hydroxylation is 1. The van der Waals surface area contributed by atoms with Crippen LogP contribution in [0, 0.1) is 0 Å². The third kappa shape index (κ3) is 5.37. The van der Waals surface area contributed by atoms with Crippen molar-refractivity contribution in [3.05, 3.63) is 96.4 Å². The van der Waals surface area contributed by atoms with Gasteiger partial charge in [0.2, 0.25) is 0 Å². The zero-order valence-electron chi connectivity index (χ0n) is 15.3. The summed E-state index contributed by atoms with van der Waals surface area (Å²) in [4.78, 5) is 4.60. The topological polar surface area (TPSA) is 12.9 Å². The van der Waals surface area contributed by atoms with Crippen LogP contribution in [-0.4, -0.2) is 4.98 Å². The van der Waals surface area contributed by atoms with Gasteiger partial charge in [0.1, 0.15) is 0 Å². The third-order valence-electron chi connectivity index (χ3n) is 4.07. The molecule has 0 saturated heterocycles. The van der Waals surface area contributed by atoms with E-state index in [4.69, 9.17) is 0 Å². The van der Waals surface area contributed by atoms with Crippen molar-refractivity contribution in [1.82, 2.24) is 4.98 Å². The maximum atomic E-state index is 4.60. The lowest BCUT2D eigenvalue weighted by Gasteiger charge is -2.09. The van der Waals surface area contributed by atoms with Crippen LogP contribution < -0.4 is 5.30 Å². The second-order valence-corrected chi connectivity index (χ2v) is 7.37. The van der Waals surface area contributed by atoms with Crippen LogP contribution in [-0.2, 0) is 6.42 Å². The summed E-state index contributed by atoms with van der Waals surface area (Å²) in [6, 6.07) is 12.8. The van der Waals surface area contributed by atoms with Crippen molar-refractivity contribution in [2.75, 3.05) is 0 Å². The van der Waals surface area contributed by atoms with Gasteiger partial charge in [-0.3, -0.25) is 4.98 Å². The Bertz CT molecular complexity index is 810. The maximum absolute atomic E-state index is 4.60. The molecule has 1 heterocycles. The van der Waals surface area contributed by atoms with Gasteiger partial charge in [0.25, 0.3) is 0 Å². The molecule has 128 valence electrons. The van der Waals surface area contributed by atoms with E-state index in [2.05, 4.69) is 68.4 Å². The van der Waals surface area contributed by atoms with E-state index in [1.165, 1.54) is 10.9 Å². The van der Waals surface area contributed by atoms with Gasteiger partial charge < -0.3 is 0 Å². The predicted octanol–water partition coefficient (Wildman–Crippen LogP) is 6.15. The lowest BCUT2D eigenvalue weighted by Crippen LogP contribution is -1.97. The summed E-state index contributed by atoms with van der Waals surface area (Å²) in [5.74, 6) is 0. The summed E-state index contributed by atoms with van der Waals surface area (Å²) >= 11 is 0. The number of rotatable bonds is 7. The number of hydrogen-bond acceptors (Lipinski definition) is 1. The lowest BCUT2D eigenvalue weighted by atomic mass is 10.0. The first kappa shape index (κ1) is 19.1. The first-order valence-electron chi connectivity index (χ1n) is 8.55. The van der Waals surface area contributed by atoms with Gasteiger partial charge >= 0.3 is 0 Å². The highest BCUT2D eigenvalue weighted by Gasteiger charge is 2.06. The smallest absolute Gasteiger partial charge is 0.0701 e. The summed E-state index contributed by atoms with van der Waals surface area (Å²) in [5, 5.41) is 2.37. The van der Waals surface area contributed by atoms with Crippen LogP contribution in [0.25, 0.3) is 10.9 Å². The fourth-order valence-corrected chi connectivity index (χ4v) is 3.49. The summed E-state index contributed by atoms with van der Waals surface area (Å²) < 4.78 is 0.